The summed E-state index contributed by atoms with van der Waals surface area (Å²) in [5.41, 5.74) is 1.20. The fourth-order valence-corrected chi connectivity index (χ4v) is 1.04. The van der Waals surface area contributed by atoms with Crippen molar-refractivity contribution in [3.05, 3.63) is 47.0 Å². The van der Waals surface area contributed by atoms with Crippen molar-refractivity contribution in [2.24, 2.45) is 0 Å². The van der Waals surface area contributed by atoms with Crippen LogP contribution in [0.15, 0.2) is 41.6 Å². The summed E-state index contributed by atoms with van der Waals surface area (Å²) in [6, 6.07) is 4.99. The zero-order valence-corrected chi connectivity index (χ0v) is 7.27. The van der Waals surface area contributed by atoms with Crippen molar-refractivity contribution < 1.29 is 11.0 Å². The van der Waals surface area contributed by atoms with E-state index in [-0.39, 0.29) is 16.4 Å². The van der Waals surface area contributed by atoms with Crippen LogP contribution in [0.3, 0.4) is 0 Å². The van der Waals surface area contributed by atoms with E-state index >= 15 is 0 Å². The summed E-state index contributed by atoms with van der Waals surface area (Å²) < 4.78 is 0. The Morgan fingerprint density at radius 2 is 1.86 bits per heavy atom. The number of rotatable bonds is 0. The standard InChI is InChI=1S/C9H6N2O.2H2O/c12-9-3-1-2-8-7(9)6-10-4-5-11-8;;/h1-6H;2*1H2. The Labute approximate surface area is 80.0 Å². The minimum atomic E-state index is -0.0382. The molecule has 74 valence electrons. The first kappa shape index (κ1) is 12.2. The summed E-state index contributed by atoms with van der Waals surface area (Å²) in [4.78, 5) is 19.2. The van der Waals surface area contributed by atoms with Crippen LogP contribution in [0, 0.1) is 0 Å². The Morgan fingerprint density at radius 3 is 2.64 bits per heavy atom. The van der Waals surface area contributed by atoms with Gasteiger partial charge in [-0.2, -0.15) is 0 Å². The zero-order valence-electron chi connectivity index (χ0n) is 7.27. The monoisotopic (exact) mass is 194 g/mol. The molecule has 0 amide bonds. The summed E-state index contributed by atoms with van der Waals surface area (Å²) in [5.74, 6) is 0. The highest BCUT2D eigenvalue weighted by Crippen LogP contribution is 2.09. The quantitative estimate of drug-likeness (QED) is 0.553. The van der Waals surface area contributed by atoms with Gasteiger partial charge in [0.15, 0.2) is 5.43 Å². The Kier molecular flexibility index (Phi) is 4.34. The third-order valence-electron chi connectivity index (χ3n) is 1.61. The molecule has 0 unspecified atom stereocenters. The number of fused-ring (bicyclic) bond motifs is 1. The van der Waals surface area contributed by atoms with Crippen molar-refractivity contribution >= 4 is 0 Å². The largest absolute Gasteiger partial charge is 0.412 e. The van der Waals surface area contributed by atoms with Gasteiger partial charge in [-0.3, -0.25) is 14.8 Å². The van der Waals surface area contributed by atoms with E-state index in [0.29, 0.717) is 11.3 Å². The van der Waals surface area contributed by atoms with E-state index in [2.05, 4.69) is 9.97 Å². The van der Waals surface area contributed by atoms with Crippen molar-refractivity contribution in [3.63, 3.8) is 0 Å². The highest BCUT2D eigenvalue weighted by Gasteiger charge is 2.02. The Balaban J connectivity index is 0.000000845. The number of hydrogen-bond donors (Lipinski definition) is 0. The lowest BCUT2D eigenvalue weighted by molar-refractivity contribution is 0.823. The molecule has 5 nitrogen and oxygen atoms in total. The molecule has 0 fully saturated rings. The lowest BCUT2D eigenvalue weighted by Gasteiger charge is -1.93. The van der Waals surface area contributed by atoms with Gasteiger partial charge in [0, 0.05) is 18.6 Å². The predicted molar refractivity (Wildman–Crippen MR) is 52.2 cm³/mol. The first-order valence-corrected chi connectivity index (χ1v) is 3.57. The van der Waals surface area contributed by atoms with Gasteiger partial charge in [-0.1, -0.05) is 6.07 Å². The number of aromatic nitrogens is 2. The van der Waals surface area contributed by atoms with Gasteiger partial charge in [0.2, 0.25) is 0 Å². The van der Waals surface area contributed by atoms with E-state index in [1.807, 2.05) is 0 Å². The van der Waals surface area contributed by atoms with Gasteiger partial charge in [0.1, 0.15) is 0 Å². The maximum atomic E-state index is 11.2. The Hall–Kier alpha value is -1.85. The second-order valence-corrected chi connectivity index (χ2v) is 2.39. The molecule has 1 aliphatic heterocycles. The molecule has 14 heavy (non-hydrogen) atoms. The van der Waals surface area contributed by atoms with Gasteiger partial charge in [-0.05, 0) is 12.1 Å². The van der Waals surface area contributed by atoms with Crippen LogP contribution in [-0.2, 0) is 0 Å². The lowest BCUT2D eigenvalue weighted by Crippen LogP contribution is -2.02. The van der Waals surface area contributed by atoms with Crippen molar-refractivity contribution in [3.8, 4) is 11.3 Å². The molecule has 0 aromatic heterocycles. The smallest absolute Gasteiger partial charge is 0.189 e. The van der Waals surface area contributed by atoms with Crippen LogP contribution >= 0.6 is 0 Å². The van der Waals surface area contributed by atoms with Crippen molar-refractivity contribution in [1.82, 2.24) is 9.97 Å². The van der Waals surface area contributed by atoms with E-state index in [4.69, 9.17) is 0 Å². The average molecular weight is 194 g/mol. The number of hydrogen-bond acceptors (Lipinski definition) is 3. The van der Waals surface area contributed by atoms with Crippen molar-refractivity contribution in [1.29, 1.82) is 0 Å². The van der Waals surface area contributed by atoms with Gasteiger partial charge >= 0.3 is 0 Å². The summed E-state index contributed by atoms with van der Waals surface area (Å²) >= 11 is 0. The highest BCUT2D eigenvalue weighted by atomic mass is 16.1. The molecular formula is C9H10N2O3. The zero-order chi connectivity index (χ0) is 8.39. The van der Waals surface area contributed by atoms with E-state index in [9.17, 15) is 4.79 Å². The second kappa shape index (κ2) is 5.00. The van der Waals surface area contributed by atoms with Crippen LogP contribution in [0.4, 0.5) is 0 Å². The van der Waals surface area contributed by atoms with Gasteiger partial charge in [0.25, 0.3) is 0 Å². The van der Waals surface area contributed by atoms with Crippen LogP contribution < -0.4 is 5.43 Å². The first-order valence-electron chi connectivity index (χ1n) is 3.57. The molecule has 0 radical (unpaired) electrons. The Morgan fingerprint density at radius 1 is 1.07 bits per heavy atom. The maximum absolute atomic E-state index is 11.2. The van der Waals surface area contributed by atoms with Gasteiger partial charge in [-0.15, -0.1) is 0 Å². The molecule has 1 aliphatic carbocycles. The van der Waals surface area contributed by atoms with E-state index in [1.54, 1.807) is 24.5 Å². The van der Waals surface area contributed by atoms with Gasteiger partial charge in [-0.25, -0.2) is 0 Å². The Bertz CT molecular complexity index is 433. The molecule has 1 heterocycles. The average Bonchev–Trinajstić information content (AvgIpc) is 2.30. The molecule has 0 spiro atoms. The third-order valence-corrected chi connectivity index (χ3v) is 1.61. The van der Waals surface area contributed by atoms with Crippen molar-refractivity contribution in [2.75, 3.05) is 0 Å². The molecule has 0 aromatic rings. The topological polar surface area (TPSA) is 106 Å². The number of nitrogens with zero attached hydrogens (tertiary/aromatic N) is 2. The molecule has 0 saturated carbocycles. The molecule has 0 saturated heterocycles. The van der Waals surface area contributed by atoms with Crippen LogP contribution in [-0.4, -0.2) is 20.9 Å². The van der Waals surface area contributed by atoms with E-state index in [1.165, 1.54) is 12.3 Å². The van der Waals surface area contributed by atoms with E-state index in [0.717, 1.165) is 0 Å². The van der Waals surface area contributed by atoms with Crippen LogP contribution in [0.5, 0.6) is 0 Å². The normalized spacial score (nSPS) is 8.57. The molecule has 2 aliphatic rings. The number of benzene rings is 1. The lowest BCUT2D eigenvalue weighted by atomic mass is 10.1. The van der Waals surface area contributed by atoms with Crippen LogP contribution in [0.1, 0.15) is 0 Å². The molecule has 0 bridgehead atoms. The molecular weight excluding hydrogens is 184 g/mol. The predicted octanol–water partition coefficient (Wildman–Crippen LogP) is -0.708. The summed E-state index contributed by atoms with van der Waals surface area (Å²) in [6.07, 6.45) is 4.66. The highest BCUT2D eigenvalue weighted by molar-refractivity contribution is 5.57. The summed E-state index contributed by atoms with van der Waals surface area (Å²) in [6.45, 7) is 0. The first-order chi connectivity index (χ1) is 5.88. The van der Waals surface area contributed by atoms with E-state index < -0.39 is 0 Å². The maximum Gasteiger partial charge on any atom is 0.189 e. The fourth-order valence-electron chi connectivity index (χ4n) is 1.04. The SMILES string of the molecule is O.O.O=c1cccc2nccncc1-2. The minimum absolute atomic E-state index is 0. The fraction of sp³-hybridized carbons (Fsp3) is 0. The molecule has 2 rings (SSSR count). The van der Waals surface area contributed by atoms with Gasteiger partial charge < -0.3 is 11.0 Å². The molecule has 0 atom stereocenters. The van der Waals surface area contributed by atoms with Crippen LogP contribution in [0.2, 0.25) is 0 Å². The second-order valence-electron chi connectivity index (χ2n) is 2.39. The molecule has 4 N–H and O–H groups in total. The molecule has 0 aromatic carbocycles. The summed E-state index contributed by atoms with van der Waals surface area (Å²) in [5, 5.41) is 0. The molecule has 5 heteroatoms. The van der Waals surface area contributed by atoms with Crippen LogP contribution in [0.25, 0.3) is 11.3 Å². The van der Waals surface area contributed by atoms with Gasteiger partial charge in [0.05, 0.1) is 11.3 Å². The summed E-state index contributed by atoms with van der Waals surface area (Å²) in [7, 11) is 0. The minimum Gasteiger partial charge on any atom is -0.412 e. The van der Waals surface area contributed by atoms with Crippen molar-refractivity contribution in [2.45, 2.75) is 0 Å². The third kappa shape index (κ3) is 2.09.